The van der Waals surface area contributed by atoms with Crippen LogP contribution in [0.2, 0.25) is 0 Å². The van der Waals surface area contributed by atoms with Gasteiger partial charge >= 0.3 is 6.18 Å². The Morgan fingerprint density at radius 3 is 2.38 bits per heavy atom. The number of nitrogens with zero attached hydrogens (tertiary/aromatic N) is 1. The molecule has 0 fully saturated rings. The van der Waals surface area contributed by atoms with Crippen LogP contribution in [-0.2, 0) is 4.79 Å². The maximum atomic E-state index is 12.7. The molecule has 0 aromatic carbocycles. The van der Waals surface area contributed by atoms with Crippen molar-refractivity contribution in [3.63, 3.8) is 0 Å². The number of nitrogens with one attached hydrogen (secondary N) is 1. The minimum absolute atomic E-state index is 0.0611. The molecule has 0 bridgehead atoms. The normalized spacial score (nSPS) is 13.9. The van der Waals surface area contributed by atoms with Gasteiger partial charge in [-0.3, -0.25) is 9.69 Å². The molecule has 96 valence electrons. The first-order valence-corrected chi connectivity index (χ1v) is 5.08. The van der Waals surface area contributed by atoms with Crippen LogP contribution in [0.15, 0.2) is 0 Å². The van der Waals surface area contributed by atoms with Crippen LogP contribution in [0.25, 0.3) is 0 Å². The van der Waals surface area contributed by atoms with Crippen LogP contribution in [-0.4, -0.2) is 49.7 Å². The van der Waals surface area contributed by atoms with Crippen molar-refractivity contribution in [2.24, 2.45) is 5.73 Å². The van der Waals surface area contributed by atoms with E-state index in [1.54, 1.807) is 6.92 Å². The molecule has 0 aliphatic rings. The van der Waals surface area contributed by atoms with Crippen LogP contribution >= 0.6 is 0 Å². The van der Waals surface area contributed by atoms with Crippen LogP contribution in [0.3, 0.4) is 0 Å². The van der Waals surface area contributed by atoms with Crippen molar-refractivity contribution in [3.05, 3.63) is 0 Å². The number of hydrogen-bond acceptors (Lipinski definition) is 3. The summed E-state index contributed by atoms with van der Waals surface area (Å²) in [5.41, 5.74) is 5.15. The molecule has 0 aliphatic carbocycles. The number of likely N-dealkylation sites (N-methyl/N-ethyl adjacent to an activating group) is 2. The summed E-state index contributed by atoms with van der Waals surface area (Å²) in [5, 5.41) is 2.30. The van der Waals surface area contributed by atoms with E-state index in [-0.39, 0.29) is 26.1 Å². The number of halogens is 3. The lowest BCUT2D eigenvalue weighted by Crippen LogP contribution is -2.50. The zero-order valence-electron chi connectivity index (χ0n) is 9.47. The van der Waals surface area contributed by atoms with Crippen molar-refractivity contribution in [2.75, 3.05) is 26.7 Å². The predicted octanol–water partition coefficient (Wildman–Crippen LogP) is 0.334. The molecule has 0 heterocycles. The van der Waals surface area contributed by atoms with E-state index >= 15 is 0 Å². The van der Waals surface area contributed by atoms with Gasteiger partial charge in [0.15, 0.2) is 0 Å². The van der Waals surface area contributed by atoms with Gasteiger partial charge in [-0.15, -0.1) is 0 Å². The Balaban J connectivity index is 4.64. The van der Waals surface area contributed by atoms with Crippen LogP contribution in [0.1, 0.15) is 13.3 Å². The third kappa shape index (κ3) is 4.80. The first kappa shape index (κ1) is 15.2. The Labute approximate surface area is 93.0 Å². The molecular weight excluding hydrogens is 223 g/mol. The van der Waals surface area contributed by atoms with E-state index in [1.807, 2.05) is 0 Å². The molecule has 1 unspecified atom stereocenters. The second-order valence-corrected chi connectivity index (χ2v) is 3.37. The second-order valence-electron chi connectivity index (χ2n) is 3.37. The van der Waals surface area contributed by atoms with Gasteiger partial charge in [0, 0.05) is 7.05 Å². The van der Waals surface area contributed by atoms with Gasteiger partial charge in [-0.1, -0.05) is 6.92 Å². The number of alkyl halides is 3. The molecule has 1 atom stereocenters. The molecule has 0 saturated heterocycles. The van der Waals surface area contributed by atoms with Crippen molar-refractivity contribution < 1.29 is 18.0 Å². The van der Waals surface area contributed by atoms with Gasteiger partial charge in [0.05, 0.1) is 6.54 Å². The Morgan fingerprint density at radius 2 is 2.06 bits per heavy atom. The second kappa shape index (κ2) is 6.70. The van der Waals surface area contributed by atoms with Gasteiger partial charge in [-0.2, -0.15) is 13.2 Å². The average Bonchev–Trinajstić information content (AvgIpc) is 2.21. The molecule has 0 saturated carbocycles. The molecule has 0 rings (SSSR count). The molecule has 0 radical (unpaired) electrons. The lowest BCUT2D eigenvalue weighted by atomic mass is 10.1. The van der Waals surface area contributed by atoms with Crippen LogP contribution in [0.5, 0.6) is 0 Å². The van der Waals surface area contributed by atoms with Gasteiger partial charge in [-0.05, 0) is 19.5 Å². The summed E-state index contributed by atoms with van der Waals surface area (Å²) >= 11 is 0. The lowest BCUT2D eigenvalue weighted by Gasteiger charge is -2.31. The summed E-state index contributed by atoms with van der Waals surface area (Å²) in [6.07, 6.45) is -4.56. The fourth-order valence-corrected chi connectivity index (χ4v) is 1.42. The van der Waals surface area contributed by atoms with Crippen molar-refractivity contribution in [3.8, 4) is 0 Å². The lowest BCUT2D eigenvalue weighted by molar-refractivity contribution is -0.185. The van der Waals surface area contributed by atoms with Gasteiger partial charge in [0.1, 0.15) is 6.04 Å². The zero-order chi connectivity index (χ0) is 12.8. The van der Waals surface area contributed by atoms with E-state index < -0.39 is 18.1 Å². The number of amides is 1. The molecule has 3 N–H and O–H groups in total. The summed E-state index contributed by atoms with van der Waals surface area (Å²) in [6.45, 7) is 1.40. The van der Waals surface area contributed by atoms with Crippen molar-refractivity contribution in [1.82, 2.24) is 10.2 Å². The van der Waals surface area contributed by atoms with E-state index in [4.69, 9.17) is 5.73 Å². The highest BCUT2D eigenvalue weighted by Crippen LogP contribution is 2.26. The quantitative estimate of drug-likeness (QED) is 0.704. The number of rotatable bonds is 6. The van der Waals surface area contributed by atoms with Crippen molar-refractivity contribution in [1.29, 1.82) is 0 Å². The maximum absolute atomic E-state index is 12.7. The maximum Gasteiger partial charge on any atom is 0.404 e. The number of hydrogen-bond donors (Lipinski definition) is 2. The molecule has 0 aromatic rings. The van der Waals surface area contributed by atoms with Gasteiger partial charge in [-0.25, -0.2) is 0 Å². The SMILES string of the molecule is CCN(CC(=O)NC)C(CCN)C(F)(F)F. The van der Waals surface area contributed by atoms with Gasteiger partial charge < -0.3 is 11.1 Å². The largest absolute Gasteiger partial charge is 0.404 e. The third-order valence-electron chi connectivity index (χ3n) is 2.29. The minimum atomic E-state index is -4.36. The van der Waals surface area contributed by atoms with Crippen LogP contribution < -0.4 is 11.1 Å². The molecule has 0 spiro atoms. The van der Waals surface area contributed by atoms with Gasteiger partial charge in [0.2, 0.25) is 5.91 Å². The fraction of sp³-hybridized carbons (Fsp3) is 0.889. The summed E-state index contributed by atoms with van der Waals surface area (Å²) in [7, 11) is 1.39. The monoisotopic (exact) mass is 241 g/mol. The molecule has 7 heteroatoms. The predicted molar refractivity (Wildman–Crippen MR) is 54.8 cm³/mol. The molecule has 4 nitrogen and oxygen atoms in total. The third-order valence-corrected chi connectivity index (χ3v) is 2.29. The van der Waals surface area contributed by atoms with E-state index in [2.05, 4.69) is 5.32 Å². The van der Waals surface area contributed by atoms with Crippen molar-refractivity contribution >= 4 is 5.91 Å². The molecular formula is C9H18F3N3O. The molecule has 1 amide bonds. The first-order valence-electron chi connectivity index (χ1n) is 5.08. The number of carbonyl (C=O) groups excluding carboxylic acids is 1. The molecule has 16 heavy (non-hydrogen) atoms. The molecule has 0 aromatic heterocycles. The Bertz CT molecular complexity index is 221. The standard InChI is InChI=1S/C9H18F3N3O/c1-3-15(6-8(16)14-2)7(4-5-13)9(10,11)12/h7H,3-6,13H2,1-2H3,(H,14,16). The Kier molecular flexibility index (Phi) is 6.35. The van der Waals surface area contributed by atoms with E-state index in [1.165, 1.54) is 7.05 Å². The molecule has 0 aliphatic heterocycles. The summed E-state index contributed by atoms with van der Waals surface area (Å²) in [6, 6.07) is -1.65. The Hall–Kier alpha value is -0.820. The van der Waals surface area contributed by atoms with Crippen LogP contribution in [0.4, 0.5) is 13.2 Å². The van der Waals surface area contributed by atoms with E-state index in [0.29, 0.717) is 0 Å². The minimum Gasteiger partial charge on any atom is -0.358 e. The first-order chi connectivity index (χ1) is 7.36. The number of nitrogens with two attached hydrogens (primary N) is 1. The topological polar surface area (TPSA) is 58.4 Å². The summed E-state index contributed by atoms with van der Waals surface area (Å²) in [4.78, 5) is 12.1. The van der Waals surface area contributed by atoms with Gasteiger partial charge in [0.25, 0.3) is 0 Å². The zero-order valence-corrected chi connectivity index (χ0v) is 9.47. The highest BCUT2D eigenvalue weighted by Gasteiger charge is 2.42. The summed E-state index contributed by atoms with van der Waals surface area (Å²) in [5.74, 6) is -0.437. The highest BCUT2D eigenvalue weighted by molar-refractivity contribution is 5.77. The van der Waals surface area contributed by atoms with E-state index in [0.717, 1.165) is 4.90 Å². The smallest absolute Gasteiger partial charge is 0.358 e. The van der Waals surface area contributed by atoms with Crippen molar-refractivity contribution in [2.45, 2.75) is 25.6 Å². The fourth-order valence-electron chi connectivity index (χ4n) is 1.42. The summed E-state index contributed by atoms with van der Waals surface area (Å²) < 4.78 is 38.0. The van der Waals surface area contributed by atoms with E-state index in [9.17, 15) is 18.0 Å². The Morgan fingerprint density at radius 1 is 1.50 bits per heavy atom. The number of carbonyl (C=O) groups is 1. The average molecular weight is 241 g/mol. The van der Waals surface area contributed by atoms with Crippen LogP contribution in [0, 0.1) is 0 Å². The highest BCUT2D eigenvalue weighted by atomic mass is 19.4.